The quantitative estimate of drug-likeness (QED) is 0.603. The average molecular weight is 536 g/mol. The molecule has 2 aliphatic heterocycles. The maximum Gasteiger partial charge on any atom is 0.287 e. The summed E-state index contributed by atoms with van der Waals surface area (Å²) in [5.41, 5.74) is -1.92. The third-order valence-corrected chi connectivity index (χ3v) is 9.75. The van der Waals surface area contributed by atoms with E-state index in [1.807, 2.05) is 6.07 Å². The highest BCUT2D eigenvalue weighted by atomic mass is 35.5. The third kappa shape index (κ3) is 4.63. The molecule has 0 amide bonds. The predicted molar refractivity (Wildman–Crippen MR) is 131 cm³/mol. The number of aromatic nitrogens is 2. The van der Waals surface area contributed by atoms with Gasteiger partial charge in [0.1, 0.15) is 5.02 Å². The minimum absolute atomic E-state index is 0.00581. The lowest BCUT2D eigenvalue weighted by molar-refractivity contribution is -0.0234. The Kier molecular flexibility index (Phi) is 6.57. The van der Waals surface area contributed by atoms with Crippen LogP contribution in [0.1, 0.15) is 50.1 Å². The van der Waals surface area contributed by atoms with Gasteiger partial charge in [0.05, 0.1) is 47.6 Å². The maximum atomic E-state index is 14.8. The third-order valence-electron chi connectivity index (χ3n) is 7.37. The van der Waals surface area contributed by atoms with Gasteiger partial charge in [-0.1, -0.05) is 11.6 Å². The number of sulfonamides is 1. The second-order valence-corrected chi connectivity index (χ2v) is 12.1. The van der Waals surface area contributed by atoms with E-state index in [0.717, 1.165) is 0 Å². The molecule has 1 aliphatic carbocycles. The van der Waals surface area contributed by atoms with Gasteiger partial charge >= 0.3 is 0 Å². The SMILES string of the molecule is N#Cc1ccc(S(=O)(=O)N2CC[C@H](n3ncc(NC[C@@]4(F)CCCOC4)c(Cl)c3=O)CC23CC3)cc1. The number of nitrogens with zero attached hydrogens (tertiary/aromatic N) is 4. The fourth-order valence-electron chi connectivity index (χ4n) is 5.20. The van der Waals surface area contributed by atoms with Crippen molar-refractivity contribution in [1.29, 1.82) is 5.26 Å². The number of piperidine rings is 1. The largest absolute Gasteiger partial charge is 0.379 e. The van der Waals surface area contributed by atoms with Crippen molar-refractivity contribution in [2.75, 3.05) is 31.6 Å². The summed E-state index contributed by atoms with van der Waals surface area (Å²) in [6.07, 6.45) is 4.67. The van der Waals surface area contributed by atoms with Gasteiger partial charge in [0.25, 0.3) is 5.56 Å². The Morgan fingerprint density at radius 3 is 2.67 bits per heavy atom. The lowest BCUT2D eigenvalue weighted by Crippen LogP contribution is -2.49. The molecule has 192 valence electrons. The van der Waals surface area contributed by atoms with Gasteiger partial charge in [0.2, 0.25) is 10.0 Å². The van der Waals surface area contributed by atoms with Crippen molar-refractivity contribution in [2.24, 2.45) is 0 Å². The van der Waals surface area contributed by atoms with Gasteiger partial charge in [-0.15, -0.1) is 0 Å². The first kappa shape index (κ1) is 25.1. The minimum atomic E-state index is -3.75. The molecule has 1 aromatic carbocycles. The molecule has 0 bridgehead atoms. The Balaban J connectivity index is 1.31. The molecule has 1 saturated carbocycles. The van der Waals surface area contributed by atoms with Crippen LogP contribution in [0.3, 0.4) is 0 Å². The number of benzene rings is 1. The first-order valence-electron chi connectivity index (χ1n) is 12.0. The predicted octanol–water partition coefficient (Wildman–Crippen LogP) is 3.26. The Bertz CT molecular complexity index is 1350. The second-order valence-electron chi connectivity index (χ2n) is 9.87. The van der Waals surface area contributed by atoms with E-state index in [2.05, 4.69) is 10.4 Å². The van der Waals surface area contributed by atoms with Crippen LogP contribution >= 0.6 is 11.6 Å². The highest BCUT2D eigenvalue weighted by molar-refractivity contribution is 7.89. The van der Waals surface area contributed by atoms with Gasteiger partial charge in [0.15, 0.2) is 5.67 Å². The second kappa shape index (κ2) is 9.41. The van der Waals surface area contributed by atoms with Gasteiger partial charge in [-0.3, -0.25) is 4.79 Å². The fraction of sp³-hybridized carbons (Fsp3) is 0.542. The smallest absolute Gasteiger partial charge is 0.287 e. The van der Waals surface area contributed by atoms with E-state index in [-0.39, 0.29) is 41.3 Å². The molecule has 1 spiro atoms. The summed E-state index contributed by atoms with van der Waals surface area (Å²) >= 11 is 6.35. The fourth-order valence-corrected chi connectivity index (χ4v) is 7.25. The summed E-state index contributed by atoms with van der Waals surface area (Å²) in [6.45, 7) is 0.739. The molecular formula is C24H27ClFN5O4S. The summed E-state index contributed by atoms with van der Waals surface area (Å²) < 4.78 is 49.7. The van der Waals surface area contributed by atoms with E-state index >= 15 is 0 Å². The summed E-state index contributed by atoms with van der Waals surface area (Å²) in [7, 11) is -3.75. The van der Waals surface area contributed by atoms with Crippen molar-refractivity contribution in [3.8, 4) is 6.07 Å². The highest BCUT2D eigenvalue weighted by Gasteiger charge is 2.56. The molecule has 36 heavy (non-hydrogen) atoms. The lowest BCUT2D eigenvalue weighted by Gasteiger charge is -2.39. The molecule has 3 fully saturated rings. The molecule has 1 aromatic heterocycles. The molecule has 2 aromatic rings. The van der Waals surface area contributed by atoms with E-state index < -0.39 is 26.8 Å². The number of alkyl halides is 1. The number of hydrogen-bond donors (Lipinski definition) is 1. The summed E-state index contributed by atoms with van der Waals surface area (Å²) in [5, 5.41) is 16.1. The summed E-state index contributed by atoms with van der Waals surface area (Å²) in [5.74, 6) is 0. The lowest BCUT2D eigenvalue weighted by atomic mass is 9.97. The molecule has 2 saturated heterocycles. The zero-order chi connectivity index (χ0) is 25.6. The normalized spacial score (nSPS) is 25.9. The molecular weight excluding hydrogens is 509 g/mol. The molecule has 0 radical (unpaired) electrons. The Labute approximate surface area is 213 Å². The molecule has 2 atom stereocenters. The number of halogens is 2. The Morgan fingerprint density at radius 1 is 1.28 bits per heavy atom. The van der Waals surface area contributed by atoms with Crippen LogP contribution in [0.2, 0.25) is 5.02 Å². The van der Waals surface area contributed by atoms with Crippen LogP contribution in [0.25, 0.3) is 0 Å². The zero-order valence-corrected chi connectivity index (χ0v) is 21.2. The summed E-state index contributed by atoms with van der Waals surface area (Å²) in [4.78, 5) is 13.2. The van der Waals surface area contributed by atoms with Gasteiger partial charge in [0, 0.05) is 18.7 Å². The van der Waals surface area contributed by atoms with Crippen LogP contribution in [0.4, 0.5) is 10.1 Å². The van der Waals surface area contributed by atoms with Crippen molar-refractivity contribution >= 4 is 27.3 Å². The van der Waals surface area contributed by atoms with Crippen molar-refractivity contribution in [3.05, 3.63) is 51.4 Å². The summed E-state index contributed by atoms with van der Waals surface area (Å²) in [6, 6.07) is 7.57. The molecule has 12 heteroatoms. The number of anilines is 1. The minimum Gasteiger partial charge on any atom is -0.379 e. The van der Waals surface area contributed by atoms with Gasteiger partial charge in [-0.05, 0) is 62.8 Å². The van der Waals surface area contributed by atoms with E-state index in [0.29, 0.717) is 50.7 Å². The molecule has 9 nitrogen and oxygen atoms in total. The number of nitriles is 1. The van der Waals surface area contributed by atoms with Crippen molar-refractivity contribution in [1.82, 2.24) is 14.1 Å². The molecule has 3 aliphatic rings. The van der Waals surface area contributed by atoms with Crippen LogP contribution in [0.15, 0.2) is 40.2 Å². The molecule has 3 heterocycles. The highest BCUT2D eigenvalue weighted by Crippen LogP contribution is 2.53. The van der Waals surface area contributed by atoms with Crippen LogP contribution < -0.4 is 10.9 Å². The van der Waals surface area contributed by atoms with Crippen LogP contribution in [0.5, 0.6) is 0 Å². The number of hydrogen-bond acceptors (Lipinski definition) is 7. The topological polar surface area (TPSA) is 117 Å². The molecule has 0 unspecified atom stereocenters. The monoisotopic (exact) mass is 535 g/mol. The maximum absolute atomic E-state index is 14.8. The number of ether oxygens (including phenoxy) is 1. The van der Waals surface area contributed by atoms with E-state index in [4.69, 9.17) is 21.6 Å². The first-order valence-corrected chi connectivity index (χ1v) is 13.8. The average Bonchev–Trinajstić information content (AvgIpc) is 3.64. The standard InChI is InChI=1S/C24H27ClFN5O4S/c25-21-20(28-15-23(26)7-1-11-35-16-23)14-29-31(22(21)32)18-6-10-30(24(12-18)8-9-24)36(33,34)19-4-2-17(13-27)3-5-19/h2-5,14,18,28H,1,6-12,15-16H2/t18-,23-/m0/s1. The Hall–Kier alpha value is -2.52. The number of rotatable bonds is 6. The van der Waals surface area contributed by atoms with Crippen LogP contribution in [-0.4, -0.2) is 60.0 Å². The first-order chi connectivity index (χ1) is 17.2. The zero-order valence-electron chi connectivity index (χ0n) is 19.6. The van der Waals surface area contributed by atoms with E-state index in [1.54, 1.807) is 0 Å². The van der Waals surface area contributed by atoms with Crippen LogP contribution in [0, 0.1) is 11.3 Å². The Morgan fingerprint density at radius 2 is 2.03 bits per heavy atom. The molecule has 1 N–H and O–H groups in total. The van der Waals surface area contributed by atoms with Crippen LogP contribution in [-0.2, 0) is 14.8 Å². The molecule has 5 rings (SSSR count). The van der Waals surface area contributed by atoms with E-state index in [1.165, 1.54) is 39.4 Å². The van der Waals surface area contributed by atoms with Crippen molar-refractivity contribution in [2.45, 2.75) is 60.7 Å². The van der Waals surface area contributed by atoms with Gasteiger partial charge in [-0.2, -0.15) is 14.7 Å². The number of nitrogens with one attached hydrogen (secondary N) is 1. The van der Waals surface area contributed by atoms with Crippen molar-refractivity contribution in [3.63, 3.8) is 0 Å². The van der Waals surface area contributed by atoms with Crippen molar-refractivity contribution < 1.29 is 17.5 Å². The van der Waals surface area contributed by atoms with Gasteiger partial charge in [-0.25, -0.2) is 17.5 Å². The van der Waals surface area contributed by atoms with Gasteiger partial charge < -0.3 is 10.1 Å². The van der Waals surface area contributed by atoms with E-state index in [9.17, 15) is 17.6 Å².